The van der Waals surface area contributed by atoms with Crippen LogP contribution >= 0.6 is 0 Å². The molecule has 2 N–H and O–H groups in total. The Bertz CT molecular complexity index is 1060. The summed E-state index contributed by atoms with van der Waals surface area (Å²) in [6, 6.07) is 5.50. The van der Waals surface area contributed by atoms with Gasteiger partial charge in [-0.3, -0.25) is 14.3 Å². The first-order chi connectivity index (χ1) is 13.1. The highest BCUT2D eigenvalue weighted by molar-refractivity contribution is 5.96. The lowest BCUT2D eigenvalue weighted by atomic mass is 10.1. The Morgan fingerprint density at radius 1 is 1.37 bits per heavy atom. The highest BCUT2D eigenvalue weighted by atomic mass is 16.2. The summed E-state index contributed by atoms with van der Waals surface area (Å²) in [6.45, 7) is 7.23. The topological polar surface area (TPSA) is 93.8 Å². The van der Waals surface area contributed by atoms with E-state index in [4.69, 9.17) is 0 Å². The van der Waals surface area contributed by atoms with Crippen molar-refractivity contribution in [2.45, 2.75) is 40.0 Å². The SMILES string of the molecule is CCn1cc(C(=O)NCc2cc3n(n2)CCNC3)c(=O)c2ccc(C)nc21. The predicted molar refractivity (Wildman–Crippen MR) is 102 cm³/mol. The van der Waals surface area contributed by atoms with Crippen LogP contribution in [0.3, 0.4) is 0 Å². The van der Waals surface area contributed by atoms with Crippen molar-refractivity contribution in [3.63, 3.8) is 0 Å². The van der Waals surface area contributed by atoms with Gasteiger partial charge in [-0.1, -0.05) is 0 Å². The normalized spacial score (nSPS) is 13.6. The number of hydrogen-bond donors (Lipinski definition) is 2. The lowest BCUT2D eigenvalue weighted by Crippen LogP contribution is -2.30. The van der Waals surface area contributed by atoms with Crippen LogP contribution < -0.4 is 16.1 Å². The number of pyridine rings is 2. The Kier molecular flexibility index (Phi) is 4.49. The van der Waals surface area contributed by atoms with Crippen molar-refractivity contribution < 1.29 is 4.79 Å². The van der Waals surface area contributed by atoms with Crippen LogP contribution in [0.25, 0.3) is 11.0 Å². The molecule has 0 fully saturated rings. The van der Waals surface area contributed by atoms with Gasteiger partial charge in [0, 0.05) is 31.5 Å². The number of rotatable bonds is 4. The first kappa shape index (κ1) is 17.4. The zero-order chi connectivity index (χ0) is 19.0. The number of aromatic nitrogens is 4. The summed E-state index contributed by atoms with van der Waals surface area (Å²) in [5.74, 6) is -0.395. The predicted octanol–water partition coefficient (Wildman–Crippen LogP) is 0.955. The van der Waals surface area contributed by atoms with Gasteiger partial charge in [-0.15, -0.1) is 0 Å². The highest BCUT2D eigenvalue weighted by Crippen LogP contribution is 2.12. The monoisotopic (exact) mass is 366 g/mol. The second-order valence-corrected chi connectivity index (χ2v) is 6.69. The van der Waals surface area contributed by atoms with Gasteiger partial charge in [0.05, 0.1) is 29.9 Å². The largest absolute Gasteiger partial charge is 0.346 e. The standard InChI is InChI=1S/C19H22N6O2/c1-3-24-11-16(17(26)15-5-4-12(2)22-18(15)24)19(27)21-9-13-8-14-10-20-6-7-25(14)23-13/h4-5,8,11,20H,3,6-7,9-10H2,1-2H3,(H,21,27). The van der Waals surface area contributed by atoms with E-state index in [1.807, 2.05) is 29.2 Å². The van der Waals surface area contributed by atoms with E-state index in [0.29, 0.717) is 17.6 Å². The molecule has 4 heterocycles. The maximum atomic E-state index is 12.8. The molecule has 0 saturated heterocycles. The van der Waals surface area contributed by atoms with Crippen LogP contribution in [0.2, 0.25) is 0 Å². The van der Waals surface area contributed by atoms with E-state index >= 15 is 0 Å². The quantitative estimate of drug-likeness (QED) is 0.717. The van der Waals surface area contributed by atoms with Crippen LogP contribution in [0, 0.1) is 6.92 Å². The van der Waals surface area contributed by atoms with Gasteiger partial charge in [0.15, 0.2) is 0 Å². The summed E-state index contributed by atoms with van der Waals surface area (Å²) in [6.07, 6.45) is 1.59. The van der Waals surface area contributed by atoms with Crippen molar-refractivity contribution in [1.82, 2.24) is 30.0 Å². The van der Waals surface area contributed by atoms with Gasteiger partial charge in [-0.25, -0.2) is 4.98 Å². The number of aryl methyl sites for hydroxylation is 2. The molecule has 27 heavy (non-hydrogen) atoms. The molecule has 3 aromatic rings. The maximum Gasteiger partial charge on any atom is 0.257 e. The molecule has 0 radical (unpaired) electrons. The fourth-order valence-corrected chi connectivity index (χ4v) is 3.37. The zero-order valence-corrected chi connectivity index (χ0v) is 15.5. The number of carbonyl (C=O) groups is 1. The van der Waals surface area contributed by atoms with Crippen molar-refractivity contribution in [3.05, 3.63) is 57.3 Å². The van der Waals surface area contributed by atoms with E-state index < -0.39 is 5.91 Å². The van der Waals surface area contributed by atoms with Gasteiger partial charge in [0.2, 0.25) is 5.43 Å². The van der Waals surface area contributed by atoms with Crippen molar-refractivity contribution >= 4 is 16.9 Å². The van der Waals surface area contributed by atoms with E-state index in [-0.39, 0.29) is 17.5 Å². The Labute approximate surface area is 156 Å². The molecule has 0 bridgehead atoms. The molecular formula is C19H22N6O2. The molecule has 1 aliphatic heterocycles. The molecule has 0 saturated carbocycles. The molecule has 8 heteroatoms. The molecule has 140 valence electrons. The smallest absolute Gasteiger partial charge is 0.257 e. The zero-order valence-electron chi connectivity index (χ0n) is 15.5. The molecule has 4 rings (SSSR count). The summed E-state index contributed by atoms with van der Waals surface area (Å²) in [5, 5.41) is 11.1. The van der Waals surface area contributed by atoms with Gasteiger partial charge in [0.1, 0.15) is 11.2 Å². The van der Waals surface area contributed by atoms with Crippen molar-refractivity contribution in [2.24, 2.45) is 0 Å². The number of nitrogens with one attached hydrogen (secondary N) is 2. The van der Waals surface area contributed by atoms with Crippen molar-refractivity contribution in [2.75, 3.05) is 6.54 Å². The number of amides is 1. The molecule has 0 atom stereocenters. The summed E-state index contributed by atoms with van der Waals surface area (Å²) in [7, 11) is 0. The highest BCUT2D eigenvalue weighted by Gasteiger charge is 2.17. The summed E-state index contributed by atoms with van der Waals surface area (Å²) in [5.41, 5.74) is 3.16. The molecule has 0 aliphatic carbocycles. The molecule has 1 aliphatic rings. The van der Waals surface area contributed by atoms with Gasteiger partial charge in [-0.2, -0.15) is 5.10 Å². The fourth-order valence-electron chi connectivity index (χ4n) is 3.37. The lowest BCUT2D eigenvalue weighted by molar-refractivity contribution is 0.0948. The second-order valence-electron chi connectivity index (χ2n) is 6.69. The minimum atomic E-state index is -0.395. The van der Waals surface area contributed by atoms with E-state index in [0.717, 1.165) is 36.7 Å². The Morgan fingerprint density at radius 3 is 3.00 bits per heavy atom. The molecule has 1 amide bonds. The summed E-state index contributed by atoms with van der Waals surface area (Å²) in [4.78, 5) is 29.9. The van der Waals surface area contributed by atoms with Crippen LogP contribution in [0.1, 0.15) is 34.4 Å². The molecule has 0 aromatic carbocycles. The average Bonchev–Trinajstić information content (AvgIpc) is 3.09. The molecule has 8 nitrogen and oxygen atoms in total. The van der Waals surface area contributed by atoms with Gasteiger partial charge < -0.3 is 15.2 Å². The third-order valence-corrected chi connectivity index (χ3v) is 4.80. The average molecular weight is 366 g/mol. The molecule has 0 unspecified atom stereocenters. The number of fused-ring (bicyclic) bond motifs is 2. The molecule has 0 spiro atoms. The molecular weight excluding hydrogens is 344 g/mol. The molecule has 3 aromatic heterocycles. The van der Waals surface area contributed by atoms with Crippen LogP contribution in [-0.4, -0.2) is 31.8 Å². The first-order valence-electron chi connectivity index (χ1n) is 9.12. The van der Waals surface area contributed by atoms with Crippen molar-refractivity contribution in [1.29, 1.82) is 0 Å². The third kappa shape index (κ3) is 3.23. The van der Waals surface area contributed by atoms with Gasteiger partial charge in [-0.05, 0) is 32.0 Å². The summed E-state index contributed by atoms with van der Waals surface area (Å²) >= 11 is 0. The maximum absolute atomic E-state index is 12.8. The number of nitrogens with zero attached hydrogens (tertiary/aromatic N) is 4. The minimum absolute atomic E-state index is 0.126. The first-order valence-corrected chi connectivity index (χ1v) is 9.12. The van der Waals surface area contributed by atoms with E-state index in [1.54, 1.807) is 18.3 Å². The van der Waals surface area contributed by atoms with Gasteiger partial charge in [0.25, 0.3) is 5.91 Å². The Balaban J connectivity index is 1.60. The number of hydrogen-bond acceptors (Lipinski definition) is 5. The van der Waals surface area contributed by atoms with E-state index in [1.165, 1.54) is 0 Å². The Hall–Kier alpha value is -3.00. The van der Waals surface area contributed by atoms with Crippen LogP contribution in [0.4, 0.5) is 0 Å². The van der Waals surface area contributed by atoms with Crippen LogP contribution in [-0.2, 0) is 26.2 Å². The van der Waals surface area contributed by atoms with E-state index in [2.05, 4.69) is 20.7 Å². The fraction of sp³-hybridized carbons (Fsp3) is 0.368. The van der Waals surface area contributed by atoms with Crippen LogP contribution in [0.5, 0.6) is 0 Å². The summed E-state index contributed by atoms with van der Waals surface area (Å²) < 4.78 is 3.78. The number of carbonyl (C=O) groups excluding carboxylic acids is 1. The van der Waals surface area contributed by atoms with Gasteiger partial charge >= 0.3 is 0 Å². The Morgan fingerprint density at radius 2 is 2.22 bits per heavy atom. The van der Waals surface area contributed by atoms with Crippen LogP contribution in [0.15, 0.2) is 29.2 Å². The second kappa shape index (κ2) is 6.96. The lowest BCUT2D eigenvalue weighted by Gasteiger charge is -2.13. The minimum Gasteiger partial charge on any atom is -0.346 e. The third-order valence-electron chi connectivity index (χ3n) is 4.80. The van der Waals surface area contributed by atoms with E-state index in [9.17, 15) is 9.59 Å². The van der Waals surface area contributed by atoms with Crippen molar-refractivity contribution in [3.8, 4) is 0 Å².